The van der Waals surface area contributed by atoms with Crippen LogP contribution in [0.4, 0.5) is 0 Å². The number of hydrogen-bond acceptors (Lipinski definition) is 7. The summed E-state index contributed by atoms with van der Waals surface area (Å²) < 4.78 is 6.57. The van der Waals surface area contributed by atoms with Gasteiger partial charge in [-0.2, -0.15) is 5.10 Å². The lowest BCUT2D eigenvalue weighted by atomic mass is 10.2. The third-order valence-electron chi connectivity index (χ3n) is 2.99. The van der Waals surface area contributed by atoms with Crippen LogP contribution in [0.2, 0.25) is 0 Å². The third kappa shape index (κ3) is 2.01. The van der Waals surface area contributed by atoms with Gasteiger partial charge in [0.2, 0.25) is 5.88 Å². The zero-order valence-corrected chi connectivity index (χ0v) is 11.2. The summed E-state index contributed by atoms with van der Waals surface area (Å²) >= 11 is 1.33. The van der Waals surface area contributed by atoms with Crippen molar-refractivity contribution in [3.8, 4) is 5.88 Å². The minimum absolute atomic E-state index is 0.00397. The van der Waals surface area contributed by atoms with Crippen molar-refractivity contribution in [3.63, 3.8) is 0 Å². The van der Waals surface area contributed by atoms with Crippen LogP contribution in [0.1, 0.15) is 13.3 Å². The second kappa shape index (κ2) is 4.37. The lowest BCUT2D eigenvalue weighted by Gasteiger charge is -2.12. The van der Waals surface area contributed by atoms with E-state index in [0.29, 0.717) is 22.5 Å². The first kappa shape index (κ1) is 12.2. The number of aromatic nitrogens is 4. The highest BCUT2D eigenvalue weighted by Crippen LogP contribution is 2.37. The molecular formula is C11H12N4O3S. The molecule has 2 atom stereocenters. The van der Waals surface area contributed by atoms with Gasteiger partial charge in [0.05, 0.1) is 6.42 Å². The Balaban J connectivity index is 1.97. The zero-order valence-electron chi connectivity index (χ0n) is 10.4. The van der Waals surface area contributed by atoms with Crippen molar-refractivity contribution in [2.75, 3.05) is 0 Å². The second-order valence-corrected chi connectivity index (χ2v) is 5.57. The van der Waals surface area contributed by atoms with Gasteiger partial charge in [-0.15, -0.1) is 0 Å². The van der Waals surface area contributed by atoms with Gasteiger partial charge in [0.15, 0.2) is 11.0 Å². The molecule has 2 unspecified atom stereocenters. The number of thioether (sulfide) groups is 1. The molecule has 1 saturated heterocycles. The van der Waals surface area contributed by atoms with Crippen molar-refractivity contribution < 1.29 is 14.6 Å². The van der Waals surface area contributed by atoms with Crippen molar-refractivity contribution in [1.29, 1.82) is 0 Å². The van der Waals surface area contributed by atoms with Crippen LogP contribution in [-0.2, 0) is 16.6 Å². The Bertz CT molecular complexity index is 657. The van der Waals surface area contributed by atoms with Gasteiger partial charge in [-0.05, 0) is 0 Å². The molecular weight excluding hydrogens is 268 g/mol. The molecule has 8 heteroatoms. The fraction of sp³-hybridized carbons (Fsp3) is 0.455. The molecule has 2 aromatic rings. The highest BCUT2D eigenvalue weighted by Gasteiger charge is 2.33. The Hall–Kier alpha value is -1.83. The lowest BCUT2D eigenvalue weighted by Crippen LogP contribution is -2.08. The maximum atomic E-state index is 11.2. The first-order chi connectivity index (χ1) is 9.06. The Morgan fingerprint density at radius 2 is 2.26 bits per heavy atom. The summed E-state index contributed by atoms with van der Waals surface area (Å²) in [4.78, 5) is 19.4. The molecule has 0 aliphatic carbocycles. The molecule has 1 N–H and O–H groups in total. The van der Waals surface area contributed by atoms with Gasteiger partial charge in [0.25, 0.3) is 0 Å². The van der Waals surface area contributed by atoms with Crippen LogP contribution in [-0.4, -0.2) is 36.3 Å². The maximum absolute atomic E-state index is 11.2. The van der Waals surface area contributed by atoms with E-state index in [9.17, 15) is 9.90 Å². The van der Waals surface area contributed by atoms with Crippen LogP contribution in [0, 0.1) is 5.92 Å². The molecule has 3 heterocycles. The number of hydrogen-bond donors (Lipinski definition) is 1. The number of esters is 1. The number of fused-ring (bicyclic) bond motifs is 1. The van der Waals surface area contributed by atoms with Crippen LogP contribution in [0.25, 0.3) is 11.0 Å². The number of aromatic hydroxyl groups is 1. The molecule has 0 radical (unpaired) electrons. The van der Waals surface area contributed by atoms with E-state index in [2.05, 4.69) is 15.1 Å². The van der Waals surface area contributed by atoms with Crippen molar-refractivity contribution in [2.45, 2.75) is 23.8 Å². The maximum Gasteiger partial charge on any atom is 0.307 e. The highest BCUT2D eigenvalue weighted by atomic mass is 32.2. The molecule has 19 heavy (non-hydrogen) atoms. The number of ether oxygens (including phenoxy) is 1. The van der Waals surface area contributed by atoms with Gasteiger partial charge in [-0.25, -0.2) is 14.6 Å². The number of rotatable bonds is 2. The zero-order chi connectivity index (χ0) is 13.6. The second-order valence-electron chi connectivity index (χ2n) is 4.48. The first-order valence-corrected chi connectivity index (χ1v) is 6.67. The highest BCUT2D eigenvalue weighted by molar-refractivity contribution is 8.00. The number of carbonyl (C=O) groups excluding carboxylic acids is 1. The van der Waals surface area contributed by atoms with E-state index < -0.39 is 0 Å². The van der Waals surface area contributed by atoms with E-state index in [4.69, 9.17) is 4.74 Å². The molecule has 1 aliphatic heterocycles. The van der Waals surface area contributed by atoms with Crippen molar-refractivity contribution in [3.05, 3.63) is 6.33 Å². The molecule has 0 saturated carbocycles. The van der Waals surface area contributed by atoms with Gasteiger partial charge in [0.1, 0.15) is 16.9 Å². The molecule has 0 aromatic carbocycles. The largest absolute Gasteiger partial charge is 0.492 e. The molecule has 3 rings (SSSR count). The fourth-order valence-corrected chi connectivity index (χ4v) is 3.02. The van der Waals surface area contributed by atoms with E-state index in [-0.39, 0.29) is 23.2 Å². The summed E-state index contributed by atoms with van der Waals surface area (Å²) in [5.74, 6) is -0.0743. The van der Waals surface area contributed by atoms with Crippen LogP contribution in [0.15, 0.2) is 11.4 Å². The van der Waals surface area contributed by atoms with Gasteiger partial charge >= 0.3 is 5.97 Å². The SMILES string of the molecule is CC1CC(=O)OC1Sc1ncnc2c(O)n(C)nc12. The van der Waals surface area contributed by atoms with Gasteiger partial charge in [0, 0.05) is 13.0 Å². The van der Waals surface area contributed by atoms with E-state index in [1.54, 1.807) is 7.05 Å². The first-order valence-electron chi connectivity index (χ1n) is 5.79. The predicted molar refractivity (Wildman–Crippen MR) is 67.5 cm³/mol. The standard InChI is InChI=1S/C11H12N4O3S/c1-5-3-6(16)18-11(5)19-9-7-8(12-4-13-9)10(17)15(2)14-7/h4-5,11,17H,3H2,1-2H3. The van der Waals surface area contributed by atoms with Gasteiger partial charge < -0.3 is 9.84 Å². The normalized spacial score (nSPS) is 22.9. The smallest absolute Gasteiger partial charge is 0.307 e. The lowest BCUT2D eigenvalue weighted by molar-refractivity contribution is -0.138. The molecule has 7 nitrogen and oxygen atoms in total. The van der Waals surface area contributed by atoms with Crippen LogP contribution in [0.3, 0.4) is 0 Å². The van der Waals surface area contributed by atoms with Crippen molar-refractivity contribution >= 4 is 28.8 Å². The van der Waals surface area contributed by atoms with E-state index in [0.717, 1.165) is 0 Å². The molecule has 0 amide bonds. The Labute approximate surface area is 113 Å². The molecule has 0 spiro atoms. The van der Waals surface area contributed by atoms with Crippen LogP contribution >= 0.6 is 11.8 Å². The summed E-state index contributed by atoms with van der Waals surface area (Å²) in [5.41, 5.74) is 0.648. The summed E-state index contributed by atoms with van der Waals surface area (Å²) in [6, 6.07) is 0. The van der Waals surface area contributed by atoms with E-state index >= 15 is 0 Å². The average molecular weight is 280 g/mol. The molecule has 1 aliphatic rings. The minimum atomic E-state index is -0.269. The summed E-state index contributed by atoms with van der Waals surface area (Å²) in [7, 11) is 1.63. The van der Waals surface area contributed by atoms with Gasteiger partial charge in [-0.3, -0.25) is 4.79 Å². The Morgan fingerprint density at radius 3 is 2.95 bits per heavy atom. The quantitative estimate of drug-likeness (QED) is 0.650. The third-order valence-corrected chi connectivity index (χ3v) is 4.30. The Kier molecular flexibility index (Phi) is 2.81. The summed E-state index contributed by atoms with van der Waals surface area (Å²) in [6.07, 6.45) is 1.78. The number of nitrogens with zero attached hydrogens (tertiary/aromatic N) is 4. The summed E-state index contributed by atoms with van der Waals surface area (Å²) in [5, 5.41) is 14.6. The number of cyclic esters (lactones) is 1. The monoisotopic (exact) mass is 280 g/mol. The number of aryl methyl sites for hydroxylation is 1. The number of carbonyl (C=O) groups is 1. The molecule has 0 bridgehead atoms. The fourth-order valence-electron chi connectivity index (χ4n) is 1.96. The van der Waals surface area contributed by atoms with Gasteiger partial charge in [-0.1, -0.05) is 18.7 Å². The minimum Gasteiger partial charge on any atom is -0.492 e. The molecule has 1 fully saturated rings. The molecule has 2 aromatic heterocycles. The van der Waals surface area contributed by atoms with E-state index in [1.807, 2.05) is 6.92 Å². The van der Waals surface area contributed by atoms with Crippen molar-refractivity contribution in [1.82, 2.24) is 19.7 Å². The summed E-state index contributed by atoms with van der Waals surface area (Å²) in [6.45, 7) is 1.96. The van der Waals surface area contributed by atoms with E-state index in [1.165, 1.54) is 22.8 Å². The Morgan fingerprint density at radius 1 is 1.47 bits per heavy atom. The van der Waals surface area contributed by atoms with Crippen LogP contribution in [0.5, 0.6) is 5.88 Å². The molecule has 100 valence electrons. The van der Waals surface area contributed by atoms with Crippen LogP contribution < -0.4 is 0 Å². The topological polar surface area (TPSA) is 90.1 Å². The predicted octanol–water partition coefficient (Wildman–Crippen LogP) is 1.07. The van der Waals surface area contributed by atoms with Crippen molar-refractivity contribution in [2.24, 2.45) is 13.0 Å². The average Bonchev–Trinajstić information content (AvgIpc) is 2.83.